The number of ether oxygens (including phenoxy) is 1. The lowest BCUT2D eigenvalue weighted by atomic mass is 9.99. The predicted octanol–water partition coefficient (Wildman–Crippen LogP) is 5.17. The van der Waals surface area contributed by atoms with E-state index >= 15 is 0 Å². The van der Waals surface area contributed by atoms with Gasteiger partial charge in [0.2, 0.25) is 5.91 Å². The first kappa shape index (κ1) is 37.2. The molecular formula is C24H41F9N3O3+. The van der Waals surface area contributed by atoms with Crippen LogP contribution in [0.5, 0.6) is 0 Å². The first-order chi connectivity index (χ1) is 17.6. The molecule has 0 fully saturated rings. The largest absolute Gasteiger partial charge is 0.464 e. The zero-order valence-corrected chi connectivity index (χ0v) is 23.0. The number of alkyl halides is 9. The van der Waals surface area contributed by atoms with Crippen molar-refractivity contribution in [3.8, 4) is 0 Å². The third kappa shape index (κ3) is 12.1. The fraction of sp³-hybridized carbons (Fsp3) is 0.917. The van der Waals surface area contributed by atoms with Gasteiger partial charge < -0.3 is 19.9 Å². The number of hydrogen-bond donors (Lipinski definition) is 2. The summed E-state index contributed by atoms with van der Waals surface area (Å²) in [5.41, 5.74) is 0. The molecule has 0 aliphatic rings. The maximum Gasteiger partial charge on any atom is 0.460 e. The quantitative estimate of drug-likeness (QED) is 0.0944. The van der Waals surface area contributed by atoms with E-state index in [1.165, 1.54) is 0 Å². The van der Waals surface area contributed by atoms with Crippen molar-refractivity contribution in [2.45, 2.75) is 88.8 Å². The summed E-state index contributed by atoms with van der Waals surface area (Å²) >= 11 is 0. The van der Waals surface area contributed by atoms with Crippen LogP contribution >= 0.6 is 0 Å². The monoisotopic (exact) mass is 590 g/mol. The van der Waals surface area contributed by atoms with E-state index in [1.807, 2.05) is 35.0 Å². The molecule has 0 aliphatic carbocycles. The summed E-state index contributed by atoms with van der Waals surface area (Å²) < 4.78 is 122. The normalized spacial score (nSPS) is 15.1. The number of carbonyl (C=O) groups excluding carboxylic acids is 2. The van der Waals surface area contributed by atoms with Crippen LogP contribution in [-0.2, 0) is 14.3 Å². The summed E-state index contributed by atoms with van der Waals surface area (Å²) in [6, 6.07) is -1.39. The minimum atomic E-state index is -7.02. The number of amides is 1. The second-order valence-electron chi connectivity index (χ2n) is 10.6. The maximum atomic E-state index is 13.7. The molecule has 0 heterocycles. The summed E-state index contributed by atoms with van der Waals surface area (Å²) in [4.78, 5) is 24.9. The molecule has 0 spiro atoms. The minimum Gasteiger partial charge on any atom is -0.464 e. The lowest BCUT2D eigenvalue weighted by molar-refractivity contribution is -0.870. The van der Waals surface area contributed by atoms with Gasteiger partial charge in [0.05, 0.1) is 47.1 Å². The first-order valence-electron chi connectivity index (χ1n) is 12.8. The first-order valence-corrected chi connectivity index (χ1v) is 12.8. The van der Waals surface area contributed by atoms with Crippen molar-refractivity contribution in [2.24, 2.45) is 5.92 Å². The fourth-order valence-electron chi connectivity index (χ4n) is 3.47. The molecule has 6 nitrogen and oxygen atoms in total. The Morgan fingerprint density at radius 1 is 0.897 bits per heavy atom. The van der Waals surface area contributed by atoms with E-state index in [1.54, 1.807) is 0 Å². The Morgan fingerprint density at radius 3 is 1.97 bits per heavy atom. The van der Waals surface area contributed by atoms with Crippen LogP contribution in [-0.4, -0.2) is 93.7 Å². The molecule has 15 heteroatoms. The Labute approximate surface area is 223 Å². The summed E-state index contributed by atoms with van der Waals surface area (Å²) in [6.07, 6.45) is -5.63. The van der Waals surface area contributed by atoms with Crippen LogP contribution in [0.1, 0.15) is 58.8 Å². The molecule has 0 aromatic heterocycles. The van der Waals surface area contributed by atoms with Crippen LogP contribution in [0.2, 0.25) is 0 Å². The molecule has 2 N–H and O–H groups in total. The zero-order chi connectivity index (χ0) is 30.7. The number of hydrogen-bond acceptors (Lipinski definition) is 4. The predicted molar refractivity (Wildman–Crippen MR) is 127 cm³/mol. The van der Waals surface area contributed by atoms with Crippen LogP contribution in [0.25, 0.3) is 0 Å². The van der Waals surface area contributed by atoms with E-state index in [2.05, 4.69) is 15.4 Å². The molecule has 232 valence electrons. The van der Waals surface area contributed by atoms with Gasteiger partial charge in [-0.1, -0.05) is 33.1 Å². The average molecular weight is 591 g/mol. The molecule has 1 amide bonds. The van der Waals surface area contributed by atoms with Crippen LogP contribution < -0.4 is 10.6 Å². The summed E-state index contributed by atoms with van der Waals surface area (Å²) in [5, 5.41) is 5.41. The van der Waals surface area contributed by atoms with Gasteiger partial charge in [0.15, 0.2) is 0 Å². The molecular weight excluding hydrogens is 549 g/mol. The standard InChI is InChI=1S/C24H40F9N3O3/c1-6-8-10-17(7-2)16-35-19(37)15-18(34-12-9-13-36(3,4)5)20(38)39-14-11-21(25,26)22(27,28)23(29,30)24(31,32)33/h17-18,34H,6-16H2,1-5H3/p+1. The third-order valence-corrected chi connectivity index (χ3v) is 6.07. The van der Waals surface area contributed by atoms with Crippen molar-refractivity contribution in [1.29, 1.82) is 0 Å². The molecule has 0 aliphatic heterocycles. The smallest absolute Gasteiger partial charge is 0.460 e. The maximum absolute atomic E-state index is 13.7. The van der Waals surface area contributed by atoms with Crippen LogP contribution in [0.4, 0.5) is 39.5 Å². The number of esters is 1. The number of rotatable bonds is 19. The van der Waals surface area contributed by atoms with Crippen molar-refractivity contribution in [1.82, 2.24) is 10.6 Å². The number of unbranched alkanes of at least 4 members (excludes halogenated alkanes) is 1. The Kier molecular flexibility index (Phi) is 14.6. The Hall–Kier alpha value is -1.77. The van der Waals surface area contributed by atoms with E-state index in [9.17, 15) is 49.1 Å². The van der Waals surface area contributed by atoms with E-state index in [-0.39, 0.29) is 12.5 Å². The number of carbonyl (C=O) groups is 2. The molecule has 2 unspecified atom stereocenters. The van der Waals surface area contributed by atoms with Gasteiger partial charge in [-0.05, 0) is 12.3 Å². The number of halogens is 9. The van der Waals surface area contributed by atoms with Gasteiger partial charge in [-0.2, -0.15) is 39.5 Å². The molecule has 0 saturated heterocycles. The van der Waals surface area contributed by atoms with Gasteiger partial charge in [0, 0.05) is 19.5 Å². The van der Waals surface area contributed by atoms with Gasteiger partial charge in [-0.3, -0.25) is 9.59 Å². The number of quaternary nitrogens is 1. The summed E-state index contributed by atoms with van der Waals surface area (Å²) in [7, 11) is 5.71. The molecule has 0 bridgehead atoms. The highest BCUT2D eigenvalue weighted by Crippen LogP contribution is 2.53. The fourth-order valence-corrected chi connectivity index (χ4v) is 3.47. The molecule has 39 heavy (non-hydrogen) atoms. The highest BCUT2D eigenvalue weighted by molar-refractivity contribution is 5.85. The van der Waals surface area contributed by atoms with E-state index in [4.69, 9.17) is 0 Å². The van der Waals surface area contributed by atoms with Gasteiger partial charge in [-0.15, -0.1) is 0 Å². The highest BCUT2D eigenvalue weighted by atomic mass is 19.4. The lowest BCUT2D eigenvalue weighted by Crippen LogP contribution is -2.61. The second kappa shape index (κ2) is 15.3. The Balaban J connectivity index is 5.28. The second-order valence-corrected chi connectivity index (χ2v) is 10.6. The number of nitrogens with zero attached hydrogens (tertiary/aromatic N) is 1. The molecule has 0 saturated carbocycles. The summed E-state index contributed by atoms with van der Waals surface area (Å²) in [6.45, 7) is 3.54. The van der Waals surface area contributed by atoms with Gasteiger partial charge in [0.25, 0.3) is 0 Å². The van der Waals surface area contributed by atoms with Crippen LogP contribution in [0.3, 0.4) is 0 Å². The SMILES string of the molecule is CCCCC(CC)CNC(=O)CC(NCCC[N+](C)(C)C)C(=O)OCCC(F)(F)C(F)(F)C(F)(F)C(F)(F)F. The molecule has 0 rings (SSSR count). The third-order valence-electron chi connectivity index (χ3n) is 6.07. The molecule has 2 atom stereocenters. The van der Waals surface area contributed by atoms with Crippen molar-refractivity contribution in [3.05, 3.63) is 0 Å². The Bertz CT molecular complexity index is 757. The number of nitrogens with one attached hydrogen (secondary N) is 2. The average Bonchev–Trinajstić information content (AvgIpc) is 2.79. The minimum absolute atomic E-state index is 0.183. The van der Waals surface area contributed by atoms with Gasteiger partial charge in [-0.25, -0.2) is 0 Å². The molecule has 0 aromatic rings. The molecule has 0 aromatic carbocycles. The van der Waals surface area contributed by atoms with Crippen molar-refractivity contribution in [3.63, 3.8) is 0 Å². The van der Waals surface area contributed by atoms with Crippen molar-refractivity contribution in [2.75, 3.05) is 47.4 Å². The van der Waals surface area contributed by atoms with Crippen molar-refractivity contribution < 1.29 is 58.3 Å². The molecule has 0 radical (unpaired) electrons. The highest BCUT2D eigenvalue weighted by Gasteiger charge is 2.81. The van der Waals surface area contributed by atoms with Crippen LogP contribution in [0.15, 0.2) is 0 Å². The van der Waals surface area contributed by atoms with Gasteiger partial charge in [0.1, 0.15) is 6.04 Å². The van der Waals surface area contributed by atoms with Crippen molar-refractivity contribution >= 4 is 11.9 Å². The summed E-state index contributed by atoms with van der Waals surface area (Å²) in [5.74, 6) is -21.4. The topological polar surface area (TPSA) is 67.4 Å². The zero-order valence-electron chi connectivity index (χ0n) is 23.0. The van der Waals surface area contributed by atoms with E-state index in [0.29, 0.717) is 24.0 Å². The van der Waals surface area contributed by atoms with E-state index in [0.717, 1.165) is 25.7 Å². The van der Waals surface area contributed by atoms with E-state index < -0.39 is 61.3 Å². The van der Waals surface area contributed by atoms with Crippen LogP contribution in [0, 0.1) is 5.92 Å². The van der Waals surface area contributed by atoms with Gasteiger partial charge >= 0.3 is 29.9 Å². The lowest BCUT2D eigenvalue weighted by Gasteiger charge is -2.33. The Morgan fingerprint density at radius 2 is 1.49 bits per heavy atom.